The molecule has 0 aromatic heterocycles. The van der Waals surface area contributed by atoms with Crippen LogP contribution in [0.5, 0.6) is 0 Å². The van der Waals surface area contributed by atoms with Crippen molar-refractivity contribution in [2.24, 2.45) is 0 Å². The SMILES string of the molecule is CCCCCC/C=C/CCCCCCCC[C@H](O)C(=O)OC. The number of hydrogen-bond donors (Lipinski definition) is 1. The second-order valence-electron chi connectivity index (χ2n) is 6.06. The van der Waals surface area contributed by atoms with Crippen LogP contribution in [0.15, 0.2) is 12.2 Å². The molecule has 0 saturated carbocycles. The molecule has 3 nitrogen and oxygen atoms in total. The molecule has 130 valence electrons. The molecule has 0 aliphatic rings. The Morgan fingerprint density at radius 3 is 1.95 bits per heavy atom. The van der Waals surface area contributed by atoms with Gasteiger partial charge in [-0.25, -0.2) is 4.79 Å². The number of hydrogen-bond acceptors (Lipinski definition) is 3. The van der Waals surface area contributed by atoms with E-state index in [1.54, 1.807) is 0 Å². The molecule has 0 bridgehead atoms. The van der Waals surface area contributed by atoms with Crippen molar-refractivity contribution >= 4 is 5.97 Å². The second kappa shape index (κ2) is 16.5. The summed E-state index contributed by atoms with van der Waals surface area (Å²) >= 11 is 0. The average Bonchev–Trinajstić information content (AvgIpc) is 2.54. The number of carbonyl (C=O) groups is 1. The number of aliphatic hydroxyl groups is 1. The summed E-state index contributed by atoms with van der Waals surface area (Å²) in [5, 5.41) is 9.43. The van der Waals surface area contributed by atoms with Gasteiger partial charge in [0.25, 0.3) is 0 Å². The van der Waals surface area contributed by atoms with Gasteiger partial charge in [0.15, 0.2) is 6.10 Å². The van der Waals surface area contributed by atoms with Gasteiger partial charge in [0.05, 0.1) is 7.11 Å². The molecular formula is C19H36O3. The molecule has 1 atom stereocenters. The maximum absolute atomic E-state index is 11.0. The molecule has 0 unspecified atom stereocenters. The Balaban J connectivity index is 3.20. The van der Waals surface area contributed by atoms with Crippen LogP contribution in [0.3, 0.4) is 0 Å². The maximum atomic E-state index is 11.0. The fourth-order valence-corrected chi connectivity index (χ4v) is 2.49. The number of esters is 1. The summed E-state index contributed by atoms with van der Waals surface area (Å²) in [7, 11) is 1.31. The highest BCUT2D eigenvalue weighted by atomic mass is 16.5. The molecule has 0 aliphatic carbocycles. The average molecular weight is 312 g/mol. The van der Waals surface area contributed by atoms with E-state index in [1.807, 2.05) is 0 Å². The lowest BCUT2D eigenvalue weighted by Gasteiger charge is -2.07. The molecule has 3 heteroatoms. The Morgan fingerprint density at radius 2 is 1.41 bits per heavy atom. The van der Waals surface area contributed by atoms with Gasteiger partial charge in [0, 0.05) is 0 Å². The number of rotatable bonds is 15. The fraction of sp³-hybridized carbons (Fsp3) is 0.842. The van der Waals surface area contributed by atoms with Crippen LogP contribution < -0.4 is 0 Å². The van der Waals surface area contributed by atoms with Crippen LogP contribution in [0, 0.1) is 0 Å². The molecule has 0 aromatic rings. The van der Waals surface area contributed by atoms with Gasteiger partial charge in [-0.05, 0) is 32.1 Å². The van der Waals surface area contributed by atoms with Crippen molar-refractivity contribution in [1.29, 1.82) is 0 Å². The van der Waals surface area contributed by atoms with E-state index < -0.39 is 12.1 Å². The van der Waals surface area contributed by atoms with Gasteiger partial charge in [-0.2, -0.15) is 0 Å². The number of ether oxygens (including phenoxy) is 1. The highest BCUT2D eigenvalue weighted by molar-refractivity contribution is 5.74. The van der Waals surface area contributed by atoms with Crippen molar-refractivity contribution < 1.29 is 14.6 Å². The first kappa shape index (κ1) is 21.2. The maximum Gasteiger partial charge on any atom is 0.334 e. The van der Waals surface area contributed by atoms with Gasteiger partial charge in [0.1, 0.15) is 0 Å². The Morgan fingerprint density at radius 1 is 0.909 bits per heavy atom. The highest BCUT2D eigenvalue weighted by Gasteiger charge is 2.13. The van der Waals surface area contributed by atoms with Crippen LogP contribution >= 0.6 is 0 Å². The van der Waals surface area contributed by atoms with E-state index in [2.05, 4.69) is 23.8 Å². The van der Waals surface area contributed by atoms with Crippen LogP contribution in [-0.2, 0) is 9.53 Å². The number of methoxy groups -OCH3 is 1. The summed E-state index contributed by atoms with van der Waals surface area (Å²) in [4.78, 5) is 11.0. The van der Waals surface area contributed by atoms with Crippen molar-refractivity contribution in [3.63, 3.8) is 0 Å². The molecule has 0 saturated heterocycles. The van der Waals surface area contributed by atoms with E-state index in [0.29, 0.717) is 6.42 Å². The van der Waals surface area contributed by atoms with Crippen LogP contribution in [0.25, 0.3) is 0 Å². The van der Waals surface area contributed by atoms with E-state index in [1.165, 1.54) is 71.3 Å². The molecule has 0 fully saturated rings. The molecule has 0 spiro atoms. The zero-order chi connectivity index (χ0) is 16.5. The summed E-state index contributed by atoms with van der Waals surface area (Å²) in [6.07, 6.45) is 19.0. The molecular weight excluding hydrogens is 276 g/mol. The smallest absolute Gasteiger partial charge is 0.334 e. The van der Waals surface area contributed by atoms with Gasteiger partial charge in [-0.1, -0.05) is 70.4 Å². The standard InChI is InChI=1S/C19H36O3/c1-3-4-5-6-7-8-9-10-11-12-13-14-15-16-17-18(20)19(21)22-2/h8-9,18,20H,3-7,10-17H2,1-2H3/b9-8+/t18-/m0/s1. The number of unbranched alkanes of at least 4 members (excludes halogenated alkanes) is 10. The first-order valence-electron chi connectivity index (χ1n) is 9.13. The van der Waals surface area contributed by atoms with Gasteiger partial charge >= 0.3 is 5.97 Å². The number of allylic oxidation sites excluding steroid dienone is 2. The monoisotopic (exact) mass is 312 g/mol. The normalized spacial score (nSPS) is 12.7. The van der Waals surface area contributed by atoms with Crippen LogP contribution in [0.1, 0.15) is 90.4 Å². The number of aliphatic hydroxyl groups excluding tert-OH is 1. The molecule has 0 rings (SSSR count). The Bertz CT molecular complexity index is 274. The van der Waals surface area contributed by atoms with Gasteiger partial charge in [-0.15, -0.1) is 0 Å². The number of carbonyl (C=O) groups excluding carboxylic acids is 1. The van der Waals surface area contributed by atoms with Gasteiger partial charge in [-0.3, -0.25) is 0 Å². The molecule has 0 amide bonds. The van der Waals surface area contributed by atoms with E-state index >= 15 is 0 Å². The highest BCUT2D eigenvalue weighted by Crippen LogP contribution is 2.11. The summed E-state index contributed by atoms with van der Waals surface area (Å²) < 4.78 is 4.49. The lowest BCUT2D eigenvalue weighted by molar-refractivity contribution is -0.150. The zero-order valence-corrected chi connectivity index (χ0v) is 14.7. The topological polar surface area (TPSA) is 46.5 Å². The molecule has 0 radical (unpaired) electrons. The van der Waals surface area contributed by atoms with Crippen LogP contribution in [0.4, 0.5) is 0 Å². The first-order chi connectivity index (χ1) is 10.7. The van der Waals surface area contributed by atoms with Crippen LogP contribution in [0.2, 0.25) is 0 Å². The van der Waals surface area contributed by atoms with Crippen molar-refractivity contribution in [3.8, 4) is 0 Å². The summed E-state index contributed by atoms with van der Waals surface area (Å²) in [5.74, 6) is -0.513. The van der Waals surface area contributed by atoms with E-state index in [-0.39, 0.29) is 0 Å². The third kappa shape index (κ3) is 14.1. The minimum Gasteiger partial charge on any atom is -0.467 e. The lowest BCUT2D eigenvalue weighted by Crippen LogP contribution is -2.21. The summed E-state index contributed by atoms with van der Waals surface area (Å²) in [6.45, 7) is 2.25. The van der Waals surface area contributed by atoms with Crippen LogP contribution in [-0.4, -0.2) is 24.3 Å². The fourth-order valence-electron chi connectivity index (χ4n) is 2.49. The predicted molar refractivity (Wildman–Crippen MR) is 92.9 cm³/mol. The predicted octanol–water partition coefficient (Wildman–Crippen LogP) is 5.17. The van der Waals surface area contributed by atoms with Crippen molar-refractivity contribution in [1.82, 2.24) is 0 Å². The Labute approximate surface area is 137 Å². The van der Waals surface area contributed by atoms with E-state index in [9.17, 15) is 9.90 Å². The minimum absolute atomic E-state index is 0.513. The van der Waals surface area contributed by atoms with Crippen molar-refractivity contribution in [3.05, 3.63) is 12.2 Å². The van der Waals surface area contributed by atoms with Gasteiger partial charge < -0.3 is 9.84 Å². The summed E-state index contributed by atoms with van der Waals surface area (Å²) in [6, 6.07) is 0. The van der Waals surface area contributed by atoms with Gasteiger partial charge in [0.2, 0.25) is 0 Å². The van der Waals surface area contributed by atoms with Crippen molar-refractivity contribution in [2.45, 2.75) is 96.5 Å². The quantitative estimate of drug-likeness (QED) is 0.258. The minimum atomic E-state index is -0.938. The lowest BCUT2D eigenvalue weighted by atomic mass is 10.1. The molecule has 0 heterocycles. The largest absolute Gasteiger partial charge is 0.467 e. The van der Waals surface area contributed by atoms with Crippen molar-refractivity contribution in [2.75, 3.05) is 7.11 Å². The molecule has 0 aliphatic heterocycles. The Kier molecular flexibility index (Phi) is 15.9. The third-order valence-corrected chi connectivity index (χ3v) is 3.96. The molecule has 1 N–H and O–H groups in total. The molecule has 22 heavy (non-hydrogen) atoms. The van der Waals surface area contributed by atoms with E-state index in [4.69, 9.17) is 0 Å². The van der Waals surface area contributed by atoms with E-state index in [0.717, 1.165) is 12.8 Å². The summed E-state index contributed by atoms with van der Waals surface area (Å²) in [5.41, 5.74) is 0. The Hall–Kier alpha value is -0.830. The zero-order valence-electron chi connectivity index (χ0n) is 14.7. The second-order valence-corrected chi connectivity index (χ2v) is 6.06. The molecule has 0 aromatic carbocycles. The first-order valence-corrected chi connectivity index (χ1v) is 9.13. The third-order valence-electron chi connectivity index (χ3n) is 3.96.